The predicted octanol–water partition coefficient (Wildman–Crippen LogP) is 3.74. The number of aromatic nitrogens is 1. The minimum absolute atomic E-state index is 0.0296. The summed E-state index contributed by atoms with van der Waals surface area (Å²) in [6.07, 6.45) is 0. The van der Waals surface area contributed by atoms with Crippen molar-refractivity contribution in [2.45, 2.75) is 40.5 Å². The SMILES string of the molecule is Cc1noc(C(C)C)c1C(=O)OCC(=O)c1ccc(NC(=O)C(C)C)cc1. The van der Waals surface area contributed by atoms with Crippen molar-refractivity contribution in [1.29, 1.82) is 0 Å². The van der Waals surface area contributed by atoms with Crippen LogP contribution in [-0.4, -0.2) is 29.4 Å². The number of carbonyl (C=O) groups is 3. The molecule has 0 saturated carbocycles. The third-order valence-electron chi connectivity index (χ3n) is 3.95. The number of anilines is 1. The van der Waals surface area contributed by atoms with Crippen LogP contribution in [-0.2, 0) is 9.53 Å². The van der Waals surface area contributed by atoms with E-state index < -0.39 is 12.6 Å². The standard InChI is InChI=1S/C20H24N2O5/c1-11(2)18-17(13(5)22-27-18)20(25)26-10-16(23)14-6-8-15(9-7-14)21-19(24)12(3)4/h6-9,11-12H,10H2,1-5H3,(H,21,24). The van der Waals surface area contributed by atoms with Crippen LogP contribution in [0.2, 0.25) is 0 Å². The Morgan fingerprint density at radius 2 is 1.74 bits per heavy atom. The Hall–Kier alpha value is -2.96. The van der Waals surface area contributed by atoms with Crippen LogP contribution in [0.5, 0.6) is 0 Å². The zero-order valence-corrected chi connectivity index (χ0v) is 16.2. The van der Waals surface area contributed by atoms with Crippen molar-refractivity contribution < 1.29 is 23.6 Å². The molecule has 1 aromatic carbocycles. The van der Waals surface area contributed by atoms with Gasteiger partial charge in [0.1, 0.15) is 5.56 Å². The van der Waals surface area contributed by atoms with Crippen LogP contribution in [0.1, 0.15) is 65.8 Å². The number of aryl methyl sites for hydroxylation is 1. The van der Waals surface area contributed by atoms with Gasteiger partial charge in [-0.2, -0.15) is 0 Å². The number of ketones is 1. The topological polar surface area (TPSA) is 98.5 Å². The number of Topliss-reactive ketones (excluding diaryl/α,β-unsaturated/α-hetero) is 1. The lowest BCUT2D eigenvalue weighted by atomic mass is 10.1. The summed E-state index contributed by atoms with van der Waals surface area (Å²) in [6, 6.07) is 6.43. The van der Waals surface area contributed by atoms with Crippen molar-refractivity contribution in [2.24, 2.45) is 5.92 Å². The number of nitrogens with zero attached hydrogens (tertiary/aromatic N) is 1. The van der Waals surface area contributed by atoms with Gasteiger partial charge in [0.25, 0.3) is 0 Å². The largest absolute Gasteiger partial charge is 0.454 e. The number of amides is 1. The molecule has 2 aromatic rings. The number of hydrogen-bond acceptors (Lipinski definition) is 6. The van der Waals surface area contributed by atoms with Crippen LogP contribution in [0.25, 0.3) is 0 Å². The molecule has 0 aliphatic heterocycles. The third kappa shape index (κ3) is 5.03. The van der Waals surface area contributed by atoms with Crippen LogP contribution in [0.3, 0.4) is 0 Å². The molecule has 1 amide bonds. The van der Waals surface area contributed by atoms with Gasteiger partial charge in [-0.1, -0.05) is 32.9 Å². The summed E-state index contributed by atoms with van der Waals surface area (Å²) in [4.78, 5) is 36.2. The molecule has 1 N–H and O–H groups in total. The first-order valence-corrected chi connectivity index (χ1v) is 8.78. The zero-order chi connectivity index (χ0) is 20.1. The molecule has 0 fully saturated rings. The molecule has 0 unspecified atom stereocenters. The van der Waals surface area contributed by atoms with Crippen molar-refractivity contribution in [1.82, 2.24) is 5.16 Å². The first kappa shape index (κ1) is 20.4. The molecule has 0 spiro atoms. The van der Waals surface area contributed by atoms with Crippen LogP contribution in [0.4, 0.5) is 5.69 Å². The van der Waals surface area contributed by atoms with Crippen LogP contribution in [0.15, 0.2) is 28.8 Å². The van der Waals surface area contributed by atoms with Gasteiger partial charge in [-0.15, -0.1) is 0 Å². The highest BCUT2D eigenvalue weighted by molar-refractivity contribution is 6.00. The highest BCUT2D eigenvalue weighted by atomic mass is 16.5. The summed E-state index contributed by atoms with van der Waals surface area (Å²) in [5, 5.41) is 6.54. The number of carbonyl (C=O) groups excluding carboxylic acids is 3. The average Bonchev–Trinajstić information content (AvgIpc) is 3.01. The van der Waals surface area contributed by atoms with E-state index in [1.807, 2.05) is 13.8 Å². The molecular weight excluding hydrogens is 348 g/mol. The fourth-order valence-electron chi connectivity index (χ4n) is 2.34. The molecule has 1 aromatic heterocycles. The summed E-state index contributed by atoms with van der Waals surface area (Å²) >= 11 is 0. The van der Waals surface area contributed by atoms with Crippen LogP contribution in [0, 0.1) is 12.8 Å². The van der Waals surface area contributed by atoms with Crippen LogP contribution < -0.4 is 5.32 Å². The van der Waals surface area contributed by atoms with Gasteiger partial charge in [-0.3, -0.25) is 9.59 Å². The van der Waals surface area contributed by atoms with Crippen molar-refractivity contribution in [3.63, 3.8) is 0 Å². The Morgan fingerprint density at radius 3 is 2.30 bits per heavy atom. The van der Waals surface area contributed by atoms with Crippen molar-refractivity contribution in [2.75, 3.05) is 11.9 Å². The highest BCUT2D eigenvalue weighted by Crippen LogP contribution is 2.23. The molecule has 144 valence electrons. The molecule has 7 heteroatoms. The number of esters is 1. The molecule has 2 rings (SSSR count). The number of benzene rings is 1. The maximum absolute atomic E-state index is 12.3. The van der Waals surface area contributed by atoms with Crippen molar-refractivity contribution in [3.05, 3.63) is 46.8 Å². The van der Waals surface area contributed by atoms with E-state index in [0.717, 1.165) is 0 Å². The van der Waals surface area contributed by atoms with E-state index in [1.165, 1.54) is 0 Å². The Balaban J connectivity index is 1.99. The maximum atomic E-state index is 12.3. The van der Waals surface area contributed by atoms with Gasteiger partial charge in [-0.25, -0.2) is 4.79 Å². The fraction of sp³-hybridized carbons (Fsp3) is 0.400. The molecule has 1 heterocycles. The second-order valence-corrected chi connectivity index (χ2v) is 6.88. The second-order valence-electron chi connectivity index (χ2n) is 6.88. The van der Waals surface area contributed by atoms with Crippen LogP contribution >= 0.6 is 0 Å². The highest BCUT2D eigenvalue weighted by Gasteiger charge is 2.24. The Kier molecular flexibility index (Phi) is 6.50. The summed E-state index contributed by atoms with van der Waals surface area (Å²) < 4.78 is 10.3. The fourth-order valence-corrected chi connectivity index (χ4v) is 2.34. The lowest BCUT2D eigenvalue weighted by Gasteiger charge is -2.09. The van der Waals surface area contributed by atoms with Gasteiger partial charge in [0, 0.05) is 23.1 Å². The van der Waals surface area contributed by atoms with E-state index >= 15 is 0 Å². The minimum atomic E-state index is -0.633. The monoisotopic (exact) mass is 372 g/mol. The molecule has 27 heavy (non-hydrogen) atoms. The summed E-state index contributed by atoms with van der Waals surface area (Å²) in [5.74, 6) is -0.805. The van der Waals surface area contributed by atoms with Gasteiger partial charge >= 0.3 is 5.97 Å². The Labute approximate surface area is 158 Å². The Morgan fingerprint density at radius 1 is 1.11 bits per heavy atom. The Bertz CT molecular complexity index is 835. The van der Waals surface area contributed by atoms with E-state index in [0.29, 0.717) is 22.7 Å². The second kappa shape index (κ2) is 8.62. The first-order chi connectivity index (χ1) is 12.7. The summed E-state index contributed by atoms with van der Waals surface area (Å²) in [6.45, 7) is 8.60. The summed E-state index contributed by atoms with van der Waals surface area (Å²) in [7, 11) is 0. The smallest absolute Gasteiger partial charge is 0.344 e. The molecule has 7 nitrogen and oxygen atoms in total. The van der Waals surface area contributed by atoms with Gasteiger partial charge in [0.2, 0.25) is 5.91 Å². The molecular formula is C20H24N2O5. The quantitative estimate of drug-likeness (QED) is 0.587. The molecule has 0 saturated heterocycles. The first-order valence-electron chi connectivity index (χ1n) is 8.78. The molecule has 0 bridgehead atoms. The normalized spacial score (nSPS) is 10.9. The van der Waals surface area contributed by atoms with E-state index in [9.17, 15) is 14.4 Å². The van der Waals surface area contributed by atoms with Crippen molar-refractivity contribution in [3.8, 4) is 0 Å². The molecule has 0 aliphatic rings. The molecule has 0 aliphatic carbocycles. The van der Waals surface area contributed by atoms with Gasteiger partial charge in [0.15, 0.2) is 18.2 Å². The van der Waals surface area contributed by atoms with Gasteiger partial charge in [0.05, 0.1) is 5.69 Å². The lowest BCUT2D eigenvalue weighted by Crippen LogP contribution is -2.18. The molecule has 0 atom stereocenters. The lowest BCUT2D eigenvalue weighted by molar-refractivity contribution is -0.118. The van der Waals surface area contributed by atoms with Gasteiger partial charge < -0.3 is 14.6 Å². The van der Waals surface area contributed by atoms with Gasteiger partial charge in [-0.05, 0) is 31.2 Å². The predicted molar refractivity (Wildman–Crippen MR) is 99.9 cm³/mol. The van der Waals surface area contributed by atoms with E-state index in [2.05, 4.69) is 10.5 Å². The van der Waals surface area contributed by atoms with E-state index in [1.54, 1.807) is 45.0 Å². The number of nitrogens with one attached hydrogen (secondary N) is 1. The minimum Gasteiger partial charge on any atom is -0.454 e. The number of ether oxygens (including phenoxy) is 1. The third-order valence-corrected chi connectivity index (χ3v) is 3.95. The molecule has 0 radical (unpaired) electrons. The number of rotatable bonds is 7. The summed E-state index contributed by atoms with van der Waals surface area (Å²) in [5.41, 5.74) is 1.69. The number of hydrogen-bond donors (Lipinski definition) is 1. The van der Waals surface area contributed by atoms with Crippen molar-refractivity contribution >= 4 is 23.3 Å². The zero-order valence-electron chi connectivity index (χ0n) is 16.2. The average molecular weight is 372 g/mol. The van der Waals surface area contributed by atoms with E-state index in [4.69, 9.17) is 9.26 Å². The maximum Gasteiger partial charge on any atom is 0.344 e. The van der Waals surface area contributed by atoms with E-state index in [-0.39, 0.29) is 29.1 Å².